The number of fused-ring (bicyclic) bond motifs is 1. The van der Waals surface area contributed by atoms with Gasteiger partial charge in [-0.15, -0.1) is 0 Å². The maximum Gasteiger partial charge on any atom is 0.137 e. The van der Waals surface area contributed by atoms with Crippen LogP contribution in [-0.4, -0.2) is 13.6 Å². The molecule has 0 bridgehead atoms. The molecule has 0 aliphatic rings. The van der Waals surface area contributed by atoms with Crippen LogP contribution in [0.2, 0.25) is 0 Å². The van der Waals surface area contributed by atoms with Crippen LogP contribution in [0.15, 0.2) is 53.7 Å². The molecule has 0 saturated carbocycles. The number of hydrogen-bond acceptors (Lipinski definition) is 3. The largest absolute Gasteiger partial charge is 0.398 e. The summed E-state index contributed by atoms with van der Waals surface area (Å²) in [5, 5.41) is 0. The molecule has 2 N–H and O–H groups in total. The van der Waals surface area contributed by atoms with Gasteiger partial charge in [0.2, 0.25) is 0 Å². The van der Waals surface area contributed by atoms with Crippen LogP contribution in [0, 0.1) is 6.92 Å². The highest BCUT2D eigenvalue weighted by atomic mass is 32.2. The number of benzene rings is 1. The van der Waals surface area contributed by atoms with Gasteiger partial charge in [-0.1, -0.05) is 12.1 Å². The van der Waals surface area contributed by atoms with E-state index in [4.69, 9.17) is 5.73 Å². The average Bonchev–Trinajstić information content (AvgIpc) is 2.80. The lowest BCUT2D eigenvalue weighted by molar-refractivity contribution is 0.682. The lowest BCUT2D eigenvalue weighted by Crippen LogP contribution is -2.01. The topological polar surface area (TPSA) is 60.4 Å². The zero-order valence-corrected chi connectivity index (χ0v) is 11.9. The van der Waals surface area contributed by atoms with Crippen LogP contribution < -0.4 is 5.73 Å². The molecular weight excluding hydrogens is 270 g/mol. The Balaban J connectivity index is 1.88. The van der Waals surface area contributed by atoms with Crippen LogP contribution in [0.4, 0.5) is 5.69 Å². The summed E-state index contributed by atoms with van der Waals surface area (Å²) in [6, 6.07) is 11.4. The molecule has 0 radical (unpaired) electrons. The second-order valence-electron chi connectivity index (χ2n) is 4.73. The van der Waals surface area contributed by atoms with Gasteiger partial charge < -0.3 is 10.1 Å². The van der Waals surface area contributed by atoms with Crippen molar-refractivity contribution < 1.29 is 4.21 Å². The quantitative estimate of drug-likeness (QED) is 0.752. The highest BCUT2D eigenvalue weighted by Gasteiger charge is 2.11. The number of imidazole rings is 1. The standard InChI is InChI=1S/C15H15N3OS/c1-11-5-6-14(13(16)8-11)20(19)10-12-9-18-7-3-2-4-15(18)17-12/h2-9H,10,16H2,1H3. The smallest absolute Gasteiger partial charge is 0.137 e. The van der Waals surface area contributed by atoms with Crippen LogP contribution in [0.3, 0.4) is 0 Å². The number of aromatic nitrogens is 2. The van der Waals surface area contributed by atoms with Gasteiger partial charge in [-0.2, -0.15) is 0 Å². The van der Waals surface area contributed by atoms with E-state index in [1.165, 1.54) is 0 Å². The number of nitrogens with two attached hydrogens (primary N) is 1. The maximum atomic E-state index is 12.4. The number of anilines is 1. The lowest BCUT2D eigenvalue weighted by atomic mass is 10.2. The SMILES string of the molecule is Cc1ccc(S(=O)Cc2cn3ccccc3n2)c(N)c1. The highest BCUT2D eigenvalue weighted by Crippen LogP contribution is 2.20. The number of rotatable bonds is 3. The molecule has 5 heteroatoms. The van der Waals surface area contributed by atoms with E-state index in [0.29, 0.717) is 16.3 Å². The Bertz CT molecular complexity index is 762. The van der Waals surface area contributed by atoms with Crippen molar-refractivity contribution in [3.8, 4) is 0 Å². The highest BCUT2D eigenvalue weighted by molar-refractivity contribution is 7.84. The van der Waals surface area contributed by atoms with E-state index in [-0.39, 0.29) is 0 Å². The average molecular weight is 285 g/mol. The van der Waals surface area contributed by atoms with Gasteiger partial charge >= 0.3 is 0 Å². The predicted molar refractivity (Wildman–Crippen MR) is 80.9 cm³/mol. The van der Waals surface area contributed by atoms with Crippen molar-refractivity contribution >= 4 is 22.1 Å². The normalized spacial score (nSPS) is 12.7. The Morgan fingerprint density at radius 3 is 2.90 bits per heavy atom. The summed E-state index contributed by atoms with van der Waals surface area (Å²) in [5.74, 6) is 0.370. The summed E-state index contributed by atoms with van der Waals surface area (Å²) in [5.41, 5.74) is 9.23. The molecule has 0 amide bonds. The zero-order chi connectivity index (χ0) is 14.1. The molecule has 0 spiro atoms. The Kier molecular flexibility index (Phi) is 3.28. The fourth-order valence-electron chi connectivity index (χ4n) is 2.14. The van der Waals surface area contributed by atoms with E-state index in [2.05, 4.69) is 4.98 Å². The molecule has 1 aromatic carbocycles. The van der Waals surface area contributed by atoms with Crippen molar-refractivity contribution in [2.75, 3.05) is 5.73 Å². The Hall–Kier alpha value is -2.14. The van der Waals surface area contributed by atoms with Crippen molar-refractivity contribution in [2.24, 2.45) is 0 Å². The minimum absolute atomic E-state index is 0.370. The van der Waals surface area contributed by atoms with E-state index < -0.39 is 10.8 Å². The first-order valence-corrected chi connectivity index (χ1v) is 7.62. The minimum atomic E-state index is -1.18. The molecule has 0 aliphatic carbocycles. The fraction of sp³-hybridized carbons (Fsp3) is 0.133. The monoisotopic (exact) mass is 285 g/mol. The molecule has 20 heavy (non-hydrogen) atoms. The summed E-state index contributed by atoms with van der Waals surface area (Å²) in [6.45, 7) is 1.96. The molecule has 0 aliphatic heterocycles. The molecular formula is C15H15N3OS. The van der Waals surface area contributed by atoms with Gasteiger partial charge in [-0.25, -0.2) is 4.98 Å². The molecule has 3 aromatic rings. The van der Waals surface area contributed by atoms with Crippen molar-refractivity contribution in [2.45, 2.75) is 17.6 Å². The van der Waals surface area contributed by atoms with Gasteiger partial charge in [0, 0.05) is 18.1 Å². The number of nitrogens with zero attached hydrogens (tertiary/aromatic N) is 2. The summed E-state index contributed by atoms with van der Waals surface area (Å²) in [7, 11) is -1.18. The molecule has 1 unspecified atom stereocenters. The van der Waals surface area contributed by atoms with Crippen LogP contribution >= 0.6 is 0 Å². The van der Waals surface area contributed by atoms with Crippen molar-refractivity contribution in [3.63, 3.8) is 0 Å². The summed E-state index contributed by atoms with van der Waals surface area (Å²) < 4.78 is 14.3. The molecule has 1 atom stereocenters. The third-order valence-electron chi connectivity index (χ3n) is 3.10. The molecule has 2 heterocycles. The van der Waals surface area contributed by atoms with Crippen molar-refractivity contribution in [3.05, 3.63) is 60.0 Å². The van der Waals surface area contributed by atoms with E-state index in [0.717, 1.165) is 16.9 Å². The summed E-state index contributed by atoms with van der Waals surface area (Å²) >= 11 is 0. The third-order valence-corrected chi connectivity index (χ3v) is 4.52. The maximum absolute atomic E-state index is 12.4. The molecule has 2 aromatic heterocycles. The molecule has 4 nitrogen and oxygen atoms in total. The van der Waals surface area contributed by atoms with Gasteiger partial charge in [0.05, 0.1) is 27.1 Å². The predicted octanol–water partition coefficient (Wildman–Crippen LogP) is 2.53. The molecule has 3 rings (SSSR count). The Labute approximate surface area is 119 Å². The second-order valence-corrected chi connectivity index (χ2v) is 6.15. The van der Waals surface area contributed by atoms with E-state index >= 15 is 0 Å². The van der Waals surface area contributed by atoms with E-state index in [1.54, 1.807) is 0 Å². The summed E-state index contributed by atoms with van der Waals surface area (Å²) in [6.07, 6.45) is 3.83. The van der Waals surface area contributed by atoms with E-state index in [1.807, 2.05) is 60.1 Å². The van der Waals surface area contributed by atoms with Gasteiger partial charge in [0.25, 0.3) is 0 Å². The third kappa shape index (κ3) is 2.44. The van der Waals surface area contributed by atoms with Gasteiger partial charge in [-0.3, -0.25) is 4.21 Å². The number of hydrogen-bond donors (Lipinski definition) is 1. The van der Waals surface area contributed by atoms with Gasteiger partial charge in [0.15, 0.2) is 0 Å². The van der Waals surface area contributed by atoms with Gasteiger partial charge in [-0.05, 0) is 36.8 Å². The molecule has 102 valence electrons. The Morgan fingerprint density at radius 2 is 2.15 bits per heavy atom. The Morgan fingerprint density at radius 1 is 1.30 bits per heavy atom. The zero-order valence-electron chi connectivity index (χ0n) is 11.1. The van der Waals surface area contributed by atoms with Crippen LogP contribution in [0.1, 0.15) is 11.3 Å². The lowest BCUT2D eigenvalue weighted by Gasteiger charge is -2.05. The van der Waals surface area contributed by atoms with E-state index in [9.17, 15) is 4.21 Å². The fourth-order valence-corrected chi connectivity index (χ4v) is 3.25. The van der Waals surface area contributed by atoms with Crippen LogP contribution in [0.5, 0.6) is 0 Å². The van der Waals surface area contributed by atoms with Gasteiger partial charge in [0.1, 0.15) is 5.65 Å². The van der Waals surface area contributed by atoms with Crippen molar-refractivity contribution in [1.82, 2.24) is 9.38 Å². The molecule has 0 fully saturated rings. The molecule has 0 saturated heterocycles. The second kappa shape index (κ2) is 5.09. The van der Waals surface area contributed by atoms with Crippen molar-refractivity contribution in [1.29, 1.82) is 0 Å². The van der Waals surface area contributed by atoms with Crippen LogP contribution in [-0.2, 0) is 16.6 Å². The summed E-state index contributed by atoms with van der Waals surface area (Å²) in [4.78, 5) is 5.13. The minimum Gasteiger partial charge on any atom is -0.398 e. The number of aryl methyl sites for hydroxylation is 1. The first-order chi connectivity index (χ1) is 9.63. The number of pyridine rings is 1. The van der Waals surface area contributed by atoms with Crippen LogP contribution in [0.25, 0.3) is 5.65 Å². The first kappa shape index (κ1) is 12.9. The first-order valence-electron chi connectivity index (χ1n) is 6.30. The number of nitrogen functional groups attached to an aromatic ring is 1.